The third kappa shape index (κ3) is 3.57. The van der Waals surface area contributed by atoms with E-state index >= 15 is 0 Å². The summed E-state index contributed by atoms with van der Waals surface area (Å²) in [5, 5.41) is 0. The Bertz CT molecular complexity index is 429. The Kier molecular flexibility index (Phi) is 4.97. The van der Waals surface area contributed by atoms with Crippen LogP contribution < -0.4 is 4.74 Å². The fourth-order valence-electron chi connectivity index (χ4n) is 2.80. The zero-order chi connectivity index (χ0) is 13.7. The van der Waals surface area contributed by atoms with Gasteiger partial charge in [-0.2, -0.15) is 0 Å². The fourth-order valence-corrected chi connectivity index (χ4v) is 2.80. The summed E-state index contributed by atoms with van der Waals surface area (Å²) in [6.07, 6.45) is 3.29. The molecule has 19 heavy (non-hydrogen) atoms. The van der Waals surface area contributed by atoms with Crippen molar-refractivity contribution >= 4 is 5.78 Å². The van der Waals surface area contributed by atoms with Gasteiger partial charge in [-0.1, -0.05) is 19.1 Å². The molecule has 1 aliphatic rings. The van der Waals surface area contributed by atoms with Crippen LogP contribution in [0.25, 0.3) is 0 Å². The Labute approximate surface area is 115 Å². The highest BCUT2D eigenvalue weighted by Crippen LogP contribution is 2.23. The van der Waals surface area contributed by atoms with E-state index in [1.165, 1.54) is 0 Å². The molecule has 1 saturated heterocycles. The molecule has 0 bridgehead atoms. The van der Waals surface area contributed by atoms with Gasteiger partial charge in [0.25, 0.3) is 0 Å². The molecule has 2 rings (SSSR count). The predicted octanol–water partition coefficient (Wildman–Crippen LogP) is 3.00. The molecule has 0 spiro atoms. The zero-order valence-corrected chi connectivity index (χ0v) is 11.9. The van der Waals surface area contributed by atoms with Crippen molar-refractivity contribution in [2.24, 2.45) is 5.92 Å². The maximum Gasteiger partial charge on any atom is 0.167 e. The van der Waals surface area contributed by atoms with Crippen molar-refractivity contribution in [3.63, 3.8) is 0 Å². The van der Waals surface area contributed by atoms with Crippen molar-refractivity contribution in [2.75, 3.05) is 26.7 Å². The summed E-state index contributed by atoms with van der Waals surface area (Å²) in [5.74, 6) is 1.17. The first-order valence-corrected chi connectivity index (χ1v) is 7.15. The lowest BCUT2D eigenvalue weighted by Gasteiger charge is -2.31. The van der Waals surface area contributed by atoms with Gasteiger partial charge < -0.3 is 9.64 Å². The molecule has 0 saturated carbocycles. The van der Waals surface area contributed by atoms with Crippen LogP contribution in [-0.4, -0.2) is 37.4 Å². The SMILES string of the molecule is CCCN1CCCC(C(=O)c2cccc(OC)c2)C1. The van der Waals surface area contributed by atoms with Crippen molar-refractivity contribution in [1.29, 1.82) is 0 Å². The molecule has 1 unspecified atom stereocenters. The molecule has 0 amide bonds. The van der Waals surface area contributed by atoms with E-state index < -0.39 is 0 Å². The number of rotatable bonds is 5. The number of hydrogen-bond donors (Lipinski definition) is 0. The number of benzene rings is 1. The molecule has 1 aromatic rings. The molecule has 0 aromatic heterocycles. The fraction of sp³-hybridized carbons (Fsp3) is 0.562. The Morgan fingerprint density at radius 3 is 3.05 bits per heavy atom. The van der Waals surface area contributed by atoms with E-state index in [1.807, 2.05) is 24.3 Å². The second-order valence-corrected chi connectivity index (χ2v) is 5.24. The number of ketones is 1. The lowest BCUT2D eigenvalue weighted by Crippen LogP contribution is -2.39. The van der Waals surface area contributed by atoms with Crippen LogP contribution in [0, 0.1) is 5.92 Å². The van der Waals surface area contributed by atoms with Gasteiger partial charge in [-0.25, -0.2) is 0 Å². The van der Waals surface area contributed by atoms with Gasteiger partial charge in [0, 0.05) is 18.0 Å². The number of hydrogen-bond acceptors (Lipinski definition) is 3. The summed E-state index contributed by atoms with van der Waals surface area (Å²) in [6.45, 7) is 5.33. The maximum atomic E-state index is 12.5. The van der Waals surface area contributed by atoms with E-state index in [1.54, 1.807) is 7.11 Å². The van der Waals surface area contributed by atoms with Crippen LogP contribution >= 0.6 is 0 Å². The molecule has 1 aliphatic heterocycles. The number of ether oxygens (including phenoxy) is 1. The predicted molar refractivity (Wildman–Crippen MR) is 76.8 cm³/mol. The summed E-state index contributed by atoms with van der Waals surface area (Å²) < 4.78 is 5.19. The summed E-state index contributed by atoms with van der Waals surface area (Å²) >= 11 is 0. The van der Waals surface area contributed by atoms with Crippen LogP contribution in [0.3, 0.4) is 0 Å². The van der Waals surface area contributed by atoms with Gasteiger partial charge in [0.1, 0.15) is 5.75 Å². The number of piperidine rings is 1. The van der Waals surface area contributed by atoms with E-state index in [0.29, 0.717) is 0 Å². The van der Waals surface area contributed by atoms with Crippen LogP contribution in [0.2, 0.25) is 0 Å². The minimum absolute atomic E-state index is 0.146. The van der Waals surface area contributed by atoms with E-state index in [0.717, 1.165) is 50.2 Å². The first-order chi connectivity index (χ1) is 9.24. The largest absolute Gasteiger partial charge is 0.497 e. The molecule has 0 N–H and O–H groups in total. The number of methoxy groups -OCH3 is 1. The Morgan fingerprint density at radius 1 is 1.47 bits per heavy atom. The molecular formula is C16H23NO2. The Morgan fingerprint density at radius 2 is 2.32 bits per heavy atom. The number of Topliss-reactive ketones (excluding diaryl/α,β-unsaturated/α-hetero) is 1. The molecule has 1 aromatic carbocycles. The summed E-state index contributed by atoms with van der Waals surface area (Å²) in [7, 11) is 1.63. The quantitative estimate of drug-likeness (QED) is 0.763. The van der Waals surface area contributed by atoms with Gasteiger partial charge in [-0.3, -0.25) is 4.79 Å². The van der Waals surface area contributed by atoms with E-state index in [4.69, 9.17) is 4.74 Å². The van der Waals surface area contributed by atoms with E-state index in [9.17, 15) is 4.79 Å². The molecule has 1 heterocycles. The van der Waals surface area contributed by atoms with Crippen molar-refractivity contribution in [2.45, 2.75) is 26.2 Å². The standard InChI is InChI=1S/C16H23NO2/c1-3-9-17-10-5-7-14(12-17)16(18)13-6-4-8-15(11-13)19-2/h4,6,8,11,14H,3,5,7,9-10,12H2,1-2H3. The number of carbonyl (C=O) groups is 1. The zero-order valence-electron chi connectivity index (χ0n) is 11.9. The van der Waals surface area contributed by atoms with Crippen LogP contribution in [-0.2, 0) is 0 Å². The lowest BCUT2D eigenvalue weighted by molar-refractivity contribution is 0.0819. The number of likely N-dealkylation sites (tertiary alicyclic amines) is 1. The lowest BCUT2D eigenvalue weighted by atomic mass is 9.90. The normalized spacial score (nSPS) is 20.2. The van der Waals surface area contributed by atoms with Crippen LogP contribution in [0.5, 0.6) is 5.75 Å². The average molecular weight is 261 g/mol. The Balaban J connectivity index is 2.05. The van der Waals surface area contributed by atoms with Crippen molar-refractivity contribution in [3.05, 3.63) is 29.8 Å². The first-order valence-electron chi connectivity index (χ1n) is 7.15. The van der Waals surface area contributed by atoms with Crippen molar-refractivity contribution in [1.82, 2.24) is 4.90 Å². The summed E-state index contributed by atoms with van der Waals surface area (Å²) in [5.41, 5.74) is 0.780. The van der Waals surface area contributed by atoms with Crippen molar-refractivity contribution < 1.29 is 9.53 Å². The van der Waals surface area contributed by atoms with E-state index in [-0.39, 0.29) is 11.7 Å². The molecule has 0 aliphatic carbocycles. The van der Waals surface area contributed by atoms with E-state index in [2.05, 4.69) is 11.8 Å². The summed E-state index contributed by atoms with van der Waals surface area (Å²) in [6, 6.07) is 7.50. The van der Waals surface area contributed by atoms with Gasteiger partial charge in [0.05, 0.1) is 7.11 Å². The molecule has 3 nitrogen and oxygen atoms in total. The molecule has 104 valence electrons. The average Bonchev–Trinajstić information content (AvgIpc) is 2.47. The van der Waals surface area contributed by atoms with Crippen molar-refractivity contribution in [3.8, 4) is 5.75 Å². The molecule has 0 radical (unpaired) electrons. The highest BCUT2D eigenvalue weighted by atomic mass is 16.5. The highest BCUT2D eigenvalue weighted by molar-refractivity contribution is 5.98. The minimum Gasteiger partial charge on any atom is -0.497 e. The third-order valence-corrected chi connectivity index (χ3v) is 3.77. The second-order valence-electron chi connectivity index (χ2n) is 5.24. The number of nitrogens with zero attached hydrogens (tertiary/aromatic N) is 1. The first kappa shape index (κ1) is 14.1. The molecular weight excluding hydrogens is 238 g/mol. The van der Waals surface area contributed by atoms with Crippen LogP contribution in [0.15, 0.2) is 24.3 Å². The number of carbonyl (C=O) groups excluding carboxylic acids is 1. The topological polar surface area (TPSA) is 29.5 Å². The van der Waals surface area contributed by atoms with Gasteiger partial charge >= 0.3 is 0 Å². The van der Waals surface area contributed by atoms with Gasteiger partial charge in [-0.05, 0) is 44.5 Å². The van der Waals surface area contributed by atoms with Crippen LogP contribution in [0.1, 0.15) is 36.5 Å². The second kappa shape index (κ2) is 6.71. The maximum absolute atomic E-state index is 12.5. The van der Waals surface area contributed by atoms with Gasteiger partial charge in [0.15, 0.2) is 5.78 Å². The molecule has 1 atom stereocenters. The molecule has 3 heteroatoms. The smallest absolute Gasteiger partial charge is 0.167 e. The third-order valence-electron chi connectivity index (χ3n) is 3.77. The Hall–Kier alpha value is -1.35. The van der Waals surface area contributed by atoms with Gasteiger partial charge in [0.2, 0.25) is 0 Å². The monoisotopic (exact) mass is 261 g/mol. The highest BCUT2D eigenvalue weighted by Gasteiger charge is 2.26. The minimum atomic E-state index is 0.146. The van der Waals surface area contributed by atoms with Gasteiger partial charge in [-0.15, -0.1) is 0 Å². The molecule has 1 fully saturated rings. The summed E-state index contributed by atoms with van der Waals surface area (Å²) in [4.78, 5) is 14.9. The van der Waals surface area contributed by atoms with Crippen LogP contribution in [0.4, 0.5) is 0 Å².